The molecule has 0 radical (unpaired) electrons. The van der Waals surface area contributed by atoms with Gasteiger partial charge in [-0.1, -0.05) is 23.4 Å². The first-order chi connectivity index (χ1) is 13.5. The van der Waals surface area contributed by atoms with Crippen molar-refractivity contribution in [1.29, 1.82) is 0 Å². The third-order valence-electron chi connectivity index (χ3n) is 4.52. The van der Waals surface area contributed by atoms with E-state index in [0.29, 0.717) is 31.3 Å². The predicted octanol–water partition coefficient (Wildman–Crippen LogP) is 4.38. The van der Waals surface area contributed by atoms with Gasteiger partial charge in [0, 0.05) is 18.2 Å². The second-order valence-electron chi connectivity index (χ2n) is 6.87. The maximum absolute atomic E-state index is 10.6. The average Bonchev–Trinajstić information content (AvgIpc) is 3.09. The Morgan fingerprint density at radius 3 is 2.75 bits per heavy atom. The highest BCUT2D eigenvalue weighted by atomic mass is 16.9. The molecule has 1 saturated heterocycles. The summed E-state index contributed by atoms with van der Waals surface area (Å²) in [6, 6.07) is 9.75. The Bertz CT molecular complexity index is 788. The predicted molar refractivity (Wildman–Crippen MR) is 101 cm³/mol. The molecule has 1 aromatic heterocycles. The molecule has 0 unspecified atom stereocenters. The highest BCUT2D eigenvalue weighted by Crippen LogP contribution is 2.25. The fourth-order valence-electron chi connectivity index (χ4n) is 2.96. The normalized spacial score (nSPS) is 22.9. The topological polar surface area (TPSA) is 99.7 Å². The summed E-state index contributed by atoms with van der Waals surface area (Å²) in [5, 5.41) is 13.8. The smallest absolute Gasteiger partial charge is 0.455 e. The van der Waals surface area contributed by atoms with Crippen LogP contribution in [0, 0.1) is 5.92 Å². The maximum Gasteiger partial charge on any atom is 0.510 e. The van der Waals surface area contributed by atoms with Gasteiger partial charge >= 0.3 is 12.1 Å². The number of benzene rings is 1. The van der Waals surface area contributed by atoms with Crippen LogP contribution in [-0.2, 0) is 19.0 Å². The van der Waals surface area contributed by atoms with Gasteiger partial charge in [-0.05, 0) is 38.3 Å². The van der Waals surface area contributed by atoms with Gasteiger partial charge in [-0.25, -0.2) is 4.79 Å². The molecule has 28 heavy (non-hydrogen) atoms. The van der Waals surface area contributed by atoms with Crippen molar-refractivity contribution in [3.63, 3.8) is 0 Å². The Morgan fingerprint density at radius 1 is 1.29 bits per heavy atom. The van der Waals surface area contributed by atoms with Crippen molar-refractivity contribution in [2.75, 3.05) is 19.8 Å². The van der Waals surface area contributed by atoms with Crippen molar-refractivity contribution in [2.45, 2.75) is 39.1 Å². The Kier molecular flexibility index (Phi) is 6.53. The van der Waals surface area contributed by atoms with E-state index in [2.05, 4.69) is 9.89 Å². The molecule has 2 aromatic rings. The molecule has 8 nitrogen and oxygen atoms in total. The molecule has 1 aromatic carbocycles. The molecular weight excluding hydrogens is 366 g/mol. The summed E-state index contributed by atoms with van der Waals surface area (Å²) < 4.78 is 21.1. The maximum atomic E-state index is 10.6. The molecule has 0 amide bonds. The Labute approximate surface area is 163 Å². The average molecular weight is 391 g/mol. The van der Waals surface area contributed by atoms with Crippen molar-refractivity contribution >= 4 is 22.8 Å². The summed E-state index contributed by atoms with van der Waals surface area (Å²) in [5.41, 5.74) is 1.52. The van der Waals surface area contributed by atoms with Crippen LogP contribution in [0.15, 0.2) is 39.9 Å². The standard InChI is InChI=1S/C20H25NO7/c1-14(18-11-16-8-3-4-9-17(16)27-18)21-26-10-6-5-7-15-12-24-20(2,25-13-15)28-19(22)23/h3-4,8-9,11,15H,5-7,10,12-13H2,1-2H3,(H,22,23). The summed E-state index contributed by atoms with van der Waals surface area (Å²) in [6.45, 7) is 4.60. The zero-order chi connectivity index (χ0) is 20.0. The number of carbonyl (C=O) groups is 1. The third-order valence-corrected chi connectivity index (χ3v) is 4.52. The second-order valence-corrected chi connectivity index (χ2v) is 6.87. The van der Waals surface area contributed by atoms with Gasteiger partial charge in [0.05, 0.1) is 13.2 Å². The van der Waals surface area contributed by atoms with Crippen LogP contribution in [0.4, 0.5) is 4.79 Å². The van der Waals surface area contributed by atoms with Crippen LogP contribution in [0.3, 0.4) is 0 Å². The summed E-state index contributed by atoms with van der Waals surface area (Å²) >= 11 is 0. The lowest BCUT2D eigenvalue weighted by Gasteiger charge is -2.35. The van der Waals surface area contributed by atoms with Crippen molar-refractivity contribution in [2.24, 2.45) is 11.1 Å². The van der Waals surface area contributed by atoms with Gasteiger partial charge in [0.15, 0.2) is 5.76 Å². The summed E-state index contributed by atoms with van der Waals surface area (Å²) in [6.07, 6.45) is 1.24. The Balaban J connectivity index is 1.33. The molecule has 1 N–H and O–H groups in total. The van der Waals surface area contributed by atoms with Crippen molar-refractivity contribution in [3.8, 4) is 0 Å². The van der Waals surface area contributed by atoms with Gasteiger partial charge in [-0.15, -0.1) is 0 Å². The number of hydrogen-bond donors (Lipinski definition) is 1. The number of ether oxygens (including phenoxy) is 3. The summed E-state index contributed by atoms with van der Waals surface area (Å²) in [4.78, 5) is 16.0. The van der Waals surface area contributed by atoms with Gasteiger partial charge in [0.25, 0.3) is 0 Å². The Morgan fingerprint density at radius 2 is 2.04 bits per heavy atom. The van der Waals surface area contributed by atoms with Gasteiger partial charge in [-0.2, -0.15) is 0 Å². The minimum Gasteiger partial charge on any atom is -0.455 e. The van der Waals surface area contributed by atoms with Crippen LogP contribution >= 0.6 is 0 Å². The quantitative estimate of drug-likeness (QED) is 0.308. The third kappa shape index (κ3) is 5.46. The molecule has 1 fully saturated rings. The molecule has 3 rings (SSSR count). The fourth-order valence-corrected chi connectivity index (χ4v) is 2.96. The molecule has 152 valence electrons. The van der Waals surface area contributed by atoms with E-state index in [1.165, 1.54) is 6.92 Å². The first kappa shape index (κ1) is 20.2. The van der Waals surface area contributed by atoms with Crippen LogP contribution in [0.25, 0.3) is 11.0 Å². The second kappa shape index (κ2) is 9.07. The summed E-state index contributed by atoms with van der Waals surface area (Å²) in [5.74, 6) is -0.607. The molecule has 0 bridgehead atoms. The number of rotatable bonds is 8. The molecule has 8 heteroatoms. The van der Waals surface area contributed by atoms with E-state index in [9.17, 15) is 4.79 Å². The van der Waals surface area contributed by atoms with Gasteiger partial charge in [0.1, 0.15) is 17.9 Å². The first-order valence-corrected chi connectivity index (χ1v) is 9.30. The van der Waals surface area contributed by atoms with E-state index < -0.39 is 12.1 Å². The van der Waals surface area contributed by atoms with Gasteiger partial charge in [-0.3, -0.25) is 0 Å². The number of unbranched alkanes of at least 4 members (excludes halogenated alkanes) is 1. The highest BCUT2D eigenvalue weighted by Gasteiger charge is 2.36. The number of carboxylic acid groups (broad SMARTS) is 1. The fraction of sp³-hybridized carbons (Fsp3) is 0.500. The molecule has 0 spiro atoms. The van der Waals surface area contributed by atoms with E-state index in [1.54, 1.807) is 0 Å². The van der Waals surface area contributed by atoms with Crippen LogP contribution in [-0.4, -0.2) is 42.8 Å². The minimum atomic E-state index is -1.51. The van der Waals surface area contributed by atoms with Gasteiger partial charge in [0.2, 0.25) is 0 Å². The minimum absolute atomic E-state index is 0.200. The van der Waals surface area contributed by atoms with E-state index in [0.717, 1.165) is 30.2 Å². The number of furan rings is 1. The lowest BCUT2D eigenvalue weighted by atomic mass is 10.0. The molecule has 2 heterocycles. The lowest BCUT2D eigenvalue weighted by molar-refractivity contribution is -0.379. The number of para-hydroxylation sites is 1. The largest absolute Gasteiger partial charge is 0.510 e. The Hall–Kier alpha value is -2.58. The highest BCUT2D eigenvalue weighted by molar-refractivity contribution is 5.99. The molecular formula is C20H25NO7. The van der Waals surface area contributed by atoms with E-state index >= 15 is 0 Å². The van der Waals surface area contributed by atoms with E-state index in [1.807, 2.05) is 37.3 Å². The van der Waals surface area contributed by atoms with E-state index in [-0.39, 0.29) is 5.92 Å². The van der Waals surface area contributed by atoms with Crippen LogP contribution in [0.5, 0.6) is 0 Å². The molecule has 1 aliphatic rings. The number of fused-ring (bicyclic) bond motifs is 1. The first-order valence-electron chi connectivity index (χ1n) is 9.30. The monoisotopic (exact) mass is 391 g/mol. The zero-order valence-corrected chi connectivity index (χ0v) is 16.1. The van der Waals surface area contributed by atoms with Gasteiger partial charge < -0.3 is 28.6 Å². The summed E-state index contributed by atoms with van der Waals surface area (Å²) in [7, 11) is 0. The van der Waals surface area contributed by atoms with Crippen molar-refractivity contribution < 1.29 is 33.4 Å². The SMILES string of the molecule is CC(=NOCCCCC1COC(C)(OC(=O)O)OC1)c1cc2ccccc2o1. The number of hydrogen-bond acceptors (Lipinski definition) is 7. The van der Waals surface area contributed by atoms with E-state index in [4.69, 9.17) is 23.8 Å². The van der Waals surface area contributed by atoms with Crippen LogP contribution in [0.2, 0.25) is 0 Å². The number of nitrogens with zero attached hydrogens (tertiary/aromatic N) is 1. The molecule has 0 aliphatic carbocycles. The van der Waals surface area contributed by atoms with Crippen LogP contribution < -0.4 is 0 Å². The van der Waals surface area contributed by atoms with Crippen molar-refractivity contribution in [3.05, 3.63) is 36.1 Å². The number of oxime groups is 1. The molecule has 0 saturated carbocycles. The van der Waals surface area contributed by atoms with Crippen molar-refractivity contribution in [1.82, 2.24) is 0 Å². The molecule has 1 aliphatic heterocycles. The molecule has 0 atom stereocenters. The lowest BCUT2D eigenvalue weighted by Crippen LogP contribution is -2.45. The zero-order valence-electron chi connectivity index (χ0n) is 16.1. The van der Waals surface area contributed by atoms with Crippen LogP contribution in [0.1, 0.15) is 38.9 Å².